The maximum absolute atomic E-state index is 3.80. The predicted octanol–water partition coefficient (Wildman–Crippen LogP) is 6.74. The van der Waals surface area contributed by atoms with Gasteiger partial charge >= 0.3 is 0 Å². The van der Waals surface area contributed by atoms with Crippen molar-refractivity contribution < 1.29 is 0 Å². The maximum Gasteiger partial charge on any atom is -0.0178 e. The molecular formula is C24H24. The summed E-state index contributed by atoms with van der Waals surface area (Å²) in [5.74, 6) is 0. The third-order valence-electron chi connectivity index (χ3n) is 4.47. The summed E-state index contributed by atoms with van der Waals surface area (Å²) in [6.07, 6.45) is 8.14. The van der Waals surface area contributed by atoms with Crippen LogP contribution in [-0.2, 0) is 12.8 Å². The van der Waals surface area contributed by atoms with Crippen LogP contribution in [-0.4, -0.2) is 0 Å². The molecule has 0 fully saturated rings. The molecule has 0 nitrogen and oxygen atoms in total. The molecule has 0 unspecified atom stereocenters. The first-order chi connectivity index (χ1) is 11.8. The average molecular weight is 312 g/mol. The molecule has 3 aromatic rings. The van der Waals surface area contributed by atoms with Gasteiger partial charge in [0.25, 0.3) is 0 Å². The van der Waals surface area contributed by atoms with Crippen LogP contribution >= 0.6 is 0 Å². The van der Waals surface area contributed by atoms with Gasteiger partial charge in [0.15, 0.2) is 0 Å². The lowest BCUT2D eigenvalue weighted by Gasteiger charge is -2.07. The summed E-state index contributed by atoms with van der Waals surface area (Å²) in [5.41, 5.74) is 5.29. The quantitative estimate of drug-likeness (QED) is 0.423. The molecule has 0 saturated carbocycles. The van der Waals surface area contributed by atoms with Crippen LogP contribution in [0.5, 0.6) is 0 Å². The van der Waals surface area contributed by atoms with Crippen molar-refractivity contribution in [2.75, 3.05) is 0 Å². The zero-order valence-electron chi connectivity index (χ0n) is 14.2. The van der Waals surface area contributed by atoms with Gasteiger partial charge in [-0.3, -0.25) is 0 Å². The monoisotopic (exact) mass is 312 g/mol. The summed E-state index contributed by atoms with van der Waals surface area (Å²) in [6.45, 7) is 7.59. The fourth-order valence-electron chi connectivity index (χ4n) is 3.03. The molecule has 0 aromatic heterocycles. The Kier molecular flexibility index (Phi) is 5.28. The van der Waals surface area contributed by atoms with Crippen molar-refractivity contribution in [3.05, 3.63) is 97.1 Å². The van der Waals surface area contributed by atoms with Gasteiger partial charge in [0.1, 0.15) is 0 Å². The normalized spacial score (nSPS) is 10.7. The van der Waals surface area contributed by atoms with Gasteiger partial charge in [-0.25, -0.2) is 0 Å². The Morgan fingerprint density at radius 2 is 1.12 bits per heavy atom. The number of rotatable bonds is 7. The van der Waals surface area contributed by atoms with E-state index in [1.807, 2.05) is 12.2 Å². The third-order valence-corrected chi connectivity index (χ3v) is 4.47. The second kappa shape index (κ2) is 7.79. The third kappa shape index (κ3) is 3.83. The minimum absolute atomic E-state index is 1.03. The first kappa shape index (κ1) is 16.3. The molecule has 0 atom stereocenters. The average Bonchev–Trinajstić information content (AvgIpc) is 2.64. The van der Waals surface area contributed by atoms with Crippen LogP contribution in [0.15, 0.2) is 86.0 Å². The minimum Gasteiger partial charge on any atom is -0.103 e. The van der Waals surface area contributed by atoms with E-state index in [2.05, 4.69) is 73.8 Å². The molecule has 0 aliphatic rings. The van der Waals surface area contributed by atoms with E-state index < -0.39 is 0 Å². The van der Waals surface area contributed by atoms with Crippen molar-refractivity contribution in [3.63, 3.8) is 0 Å². The first-order valence-corrected chi connectivity index (χ1v) is 8.64. The number of hydrogen-bond donors (Lipinski definition) is 0. The number of hydrogen-bond acceptors (Lipinski definition) is 0. The molecule has 0 heteroatoms. The van der Waals surface area contributed by atoms with Gasteiger partial charge in [0, 0.05) is 0 Å². The summed E-state index contributed by atoms with van der Waals surface area (Å²) >= 11 is 0. The van der Waals surface area contributed by atoms with E-state index in [9.17, 15) is 0 Å². The number of benzene rings is 3. The van der Waals surface area contributed by atoms with Crippen LogP contribution in [0.1, 0.15) is 24.0 Å². The van der Waals surface area contributed by atoms with E-state index in [0.717, 1.165) is 25.7 Å². The van der Waals surface area contributed by atoms with E-state index >= 15 is 0 Å². The van der Waals surface area contributed by atoms with Gasteiger partial charge in [0.2, 0.25) is 0 Å². The van der Waals surface area contributed by atoms with Crippen LogP contribution in [0.4, 0.5) is 0 Å². The zero-order chi connectivity index (χ0) is 16.8. The van der Waals surface area contributed by atoms with Crippen molar-refractivity contribution >= 4 is 10.8 Å². The Labute approximate surface area is 145 Å². The maximum atomic E-state index is 3.80. The van der Waals surface area contributed by atoms with Crippen molar-refractivity contribution in [2.24, 2.45) is 0 Å². The Morgan fingerprint density at radius 1 is 0.583 bits per heavy atom. The molecule has 3 rings (SSSR count). The lowest BCUT2D eigenvalue weighted by molar-refractivity contribution is 1.00. The Bertz CT molecular complexity index is 838. The predicted molar refractivity (Wildman–Crippen MR) is 106 cm³/mol. The summed E-state index contributed by atoms with van der Waals surface area (Å²) in [7, 11) is 0. The molecule has 24 heavy (non-hydrogen) atoms. The Balaban J connectivity index is 1.84. The van der Waals surface area contributed by atoms with Crippen LogP contribution in [0.2, 0.25) is 0 Å². The lowest BCUT2D eigenvalue weighted by atomic mass is 9.98. The topological polar surface area (TPSA) is 0 Å². The minimum atomic E-state index is 1.03. The molecule has 0 amide bonds. The Hall–Kier alpha value is -2.60. The van der Waals surface area contributed by atoms with Gasteiger partial charge in [-0.1, -0.05) is 66.7 Å². The molecule has 0 aliphatic carbocycles. The molecule has 0 saturated heterocycles. The molecule has 0 spiro atoms. The summed E-state index contributed by atoms with van der Waals surface area (Å²) in [5, 5.41) is 2.61. The number of fused-ring (bicyclic) bond motifs is 1. The molecule has 0 heterocycles. The van der Waals surface area contributed by atoms with Crippen molar-refractivity contribution in [3.8, 4) is 11.1 Å². The van der Waals surface area contributed by atoms with Gasteiger partial charge in [-0.05, 0) is 64.8 Å². The van der Waals surface area contributed by atoms with Crippen molar-refractivity contribution in [2.45, 2.75) is 25.7 Å². The fraction of sp³-hybridized carbons (Fsp3) is 0.167. The lowest BCUT2D eigenvalue weighted by Crippen LogP contribution is -1.86. The van der Waals surface area contributed by atoms with E-state index in [4.69, 9.17) is 0 Å². The van der Waals surface area contributed by atoms with Crippen LogP contribution in [0.3, 0.4) is 0 Å². The van der Waals surface area contributed by atoms with Gasteiger partial charge in [0.05, 0.1) is 0 Å². The van der Waals surface area contributed by atoms with E-state index in [-0.39, 0.29) is 0 Å². The number of allylic oxidation sites excluding steroid dienone is 2. The highest BCUT2D eigenvalue weighted by Gasteiger charge is 2.02. The first-order valence-electron chi connectivity index (χ1n) is 8.64. The smallest absolute Gasteiger partial charge is 0.0178 e. The highest BCUT2D eigenvalue weighted by Crippen LogP contribution is 2.26. The zero-order valence-corrected chi connectivity index (χ0v) is 14.2. The van der Waals surface area contributed by atoms with Crippen molar-refractivity contribution in [1.29, 1.82) is 0 Å². The van der Waals surface area contributed by atoms with Crippen LogP contribution < -0.4 is 0 Å². The summed E-state index contributed by atoms with van der Waals surface area (Å²) in [4.78, 5) is 0. The fourth-order valence-corrected chi connectivity index (χ4v) is 3.03. The summed E-state index contributed by atoms with van der Waals surface area (Å²) < 4.78 is 0. The summed E-state index contributed by atoms with van der Waals surface area (Å²) in [6, 6.07) is 22.4. The van der Waals surface area contributed by atoms with Gasteiger partial charge in [-0.15, -0.1) is 13.2 Å². The van der Waals surface area contributed by atoms with E-state index in [0.29, 0.717) is 0 Å². The molecule has 0 N–H and O–H groups in total. The van der Waals surface area contributed by atoms with Gasteiger partial charge in [-0.2, -0.15) is 0 Å². The molecule has 0 radical (unpaired) electrons. The molecule has 3 aromatic carbocycles. The second-order valence-electron chi connectivity index (χ2n) is 6.25. The molecule has 0 bridgehead atoms. The van der Waals surface area contributed by atoms with Crippen molar-refractivity contribution in [1.82, 2.24) is 0 Å². The highest BCUT2D eigenvalue weighted by molar-refractivity contribution is 5.87. The van der Waals surface area contributed by atoms with E-state index in [1.54, 1.807) is 0 Å². The highest BCUT2D eigenvalue weighted by atomic mass is 14.1. The molecular weight excluding hydrogens is 288 g/mol. The van der Waals surface area contributed by atoms with E-state index in [1.165, 1.54) is 33.0 Å². The van der Waals surface area contributed by atoms with Gasteiger partial charge < -0.3 is 0 Å². The van der Waals surface area contributed by atoms with Crippen LogP contribution in [0, 0.1) is 0 Å². The number of aryl methyl sites for hydroxylation is 2. The second-order valence-corrected chi connectivity index (χ2v) is 6.25. The van der Waals surface area contributed by atoms with Crippen LogP contribution in [0.25, 0.3) is 21.9 Å². The molecule has 0 aliphatic heterocycles. The standard InChI is InChI=1S/C24H24/c1-3-5-7-19-9-12-21(13-10-19)23-16-15-22-17-20(8-6-4-2)11-14-24(22)18-23/h3-4,9-18H,1-2,5-8H2. The largest absolute Gasteiger partial charge is 0.103 e. The Morgan fingerprint density at radius 3 is 1.83 bits per heavy atom. The SMILES string of the molecule is C=CCCc1ccc(-c2ccc3cc(CCC=C)ccc3c2)cc1. The molecule has 120 valence electrons.